The van der Waals surface area contributed by atoms with Crippen molar-refractivity contribution in [2.45, 2.75) is 38.3 Å². The first-order valence-electron chi connectivity index (χ1n) is 7.99. The summed E-state index contributed by atoms with van der Waals surface area (Å²) in [5, 5.41) is 3.67. The van der Waals surface area contributed by atoms with Gasteiger partial charge in [-0.25, -0.2) is 0 Å². The zero-order valence-corrected chi connectivity index (χ0v) is 13.1. The average Bonchev–Trinajstić information content (AvgIpc) is 3.22. The molecular weight excluding hydrogens is 264 g/mol. The molecule has 4 nitrogen and oxygen atoms in total. The van der Waals surface area contributed by atoms with Gasteiger partial charge in [-0.1, -0.05) is 6.07 Å². The van der Waals surface area contributed by atoms with Crippen LogP contribution in [0.15, 0.2) is 18.2 Å². The molecule has 0 spiro atoms. The Kier molecular flexibility index (Phi) is 4.66. The fourth-order valence-corrected chi connectivity index (χ4v) is 3.00. The monoisotopic (exact) mass is 290 g/mol. The number of methoxy groups -OCH3 is 1. The first-order valence-corrected chi connectivity index (χ1v) is 7.99. The highest BCUT2D eigenvalue weighted by Gasteiger charge is 2.34. The van der Waals surface area contributed by atoms with Crippen LogP contribution in [-0.4, -0.2) is 50.4 Å². The van der Waals surface area contributed by atoms with E-state index in [0.29, 0.717) is 19.3 Å². The second-order valence-electron chi connectivity index (χ2n) is 6.20. The van der Waals surface area contributed by atoms with Crippen LogP contribution in [0.25, 0.3) is 0 Å². The molecule has 0 radical (unpaired) electrons. The second-order valence-corrected chi connectivity index (χ2v) is 6.20. The number of nitrogens with one attached hydrogen (secondary N) is 1. The summed E-state index contributed by atoms with van der Waals surface area (Å²) in [4.78, 5) is 2.62. The highest BCUT2D eigenvalue weighted by molar-refractivity contribution is 5.58. The Labute approximate surface area is 127 Å². The average molecular weight is 290 g/mol. The number of aryl methyl sites for hydroxylation is 1. The van der Waals surface area contributed by atoms with Gasteiger partial charge in [0.25, 0.3) is 0 Å². The number of ether oxygens (including phenoxy) is 2. The van der Waals surface area contributed by atoms with E-state index in [9.17, 15) is 0 Å². The van der Waals surface area contributed by atoms with E-state index in [1.165, 1.54) is 31.4 Å². The molecule has 1 unspecified atom stereocenters. The number of nitrogens with zero attached hydrogens (tertiary/aromatic N) is 1. The number of anilines is 1. The summed E-state index contributed by atoms with van der Waals surface area (Å²) in [6.45, 7) is 5.70. The van der Waals surface area contributed by atoms with Gasteiger partial charge in [-0.05, 0) is 43.9 Å². The molecule has 2 aliphatic rings. The van der Waals surface area contributed by atoms with Gasteiger partial charge in [-0.15, -0.1) is 0 Å². The standard InChI is InChI=1S/C17H26N2O2/c1-13-3-6-16(17(11-13)21-10-9-20-2)18-14-7-8-19(12-14)15-4-5-15/h3,6,11,14-15,18H,4-5,7-10,12H2,1-2H3. The number of likely N-dealkylation sites (tertiary alicyclic amines) is 1. The fourth-order valence-electron chi connectivity index (χ4n) is 3.00. The Bertz CT molecular complexity index is 474. The number of hydrogen-bond donors (Lipinski definition) is 1. The molecule has 116 valence electrons. The van der Waals surface area contributed by atoms with Gasteiger partial charge in [-0.3, -0.25) is 4.90 Å². The first-order chi connectivity index (χ1) is 10.3. The molecule has 1 N–H and O–H groups in total. The molecule has 1 saturated carbocycles. The van der Waals surface area contributed by atoms with Crippen molar-refractivity contribution in [3.05, 3.63) is 23.8 Å². The normalized spacial score (nSPS) is 22.5. The summed E-state index contributed by atoms with van der Waals surface area (Å²) in [6.07, 6.45) is 4.01. The maximum absolute atomic E-state index is 5.85. The minimum atomic E-state index is 0.540. The van der Waals surface area contributed by atoms with Gasteiger partial charge < -0.3 is 14.8 Å². The van der Waals surface area contributed by atoms with Crippen molar-refractivity contribution in [3.63, 3.8) is 0 Å². The van der Waals surface area contributed by atoms with Gasteiger partial charge in [0.1, 0.15) is 12.4 Å². The van der Waals surface area contributed by atoms with E-state index >= 15 is 0 Å². The van der Waals surface area contributed by atoms with Crippen molar-refractivity contribution in [3.8, 4) is 5.75 Å². The predicted octanol–water partition coefficient (Wildman–Crippen LogP) is 2.67. The summed E-state index contributed by atoms with van der Waals surface area (Å²) in [7, 11) is 1.70. The molecule has 1 saturated heterocycles. The summed E-state index contributed by atoms with van der Waals surface area (Å²) in [5.74, 6) is 0.942. The Morgan fingerprint density at radius 2 is 2.10 bits per heavy atom. The minimum Gasteiger partial charge on any atom is -0.489 e. The molecular formula is C17H26N2O2. The molecule has 21 heavy (non-hydrogen) atoms. The van der Waals surface area contributed by atoms with Crippen LogP contribution in [0, 0.1) is 6.92 Å². The van der Waals surface area contributed by atoms with Crippen molar-refractivity contribution in [2.24, 2.45) is 0 Å². The van der Waals surface area contributed by atoms with Crippen molar-refractivity contribution in [1.82, 2.24) is 4.90 Å². The van der Waals surface area contributed by atoms with E-state index in [2.05, 4.69) is 35.3 Å². The lowest BCUT2D eigenvalue weighted by molar-refractivity contribution is 0.146. The number of benzene rings is 1. The van der Waals surface area contributed by atoms with Crippen LogP contribution >= 0.6 is 0 Å². The Balaban J connectivity index is 1.60. The molecule has 1 heterocycles. The van der Waals surface area contributed by atoms with Crippen LogP contribution in [-0.2, 0) is 4.74 Å². The van der Waals surface area contributed by atoms with Crippen molar-refractivity contribution in [1.29, 1.82) is 0 Å². The van der Waals surface area contributed by atoms with Gasteiger partial charge >= 0.3 is 0 Å². The highest BCUT2D eigenvalue weighted by atomic mass is 16.5. The number of hydrogen-bond acceptors (Lipinski definition) is 4. The predicted molar refractivity (Wildman–Crippen MR) is 85.2 cm³/mol. The second kappa shape index (κ2) is 6.67. The van der Waals surface area contributed by atoms with Crippen LogP contribution in [0.3, 0.4) is 0 Å². The minimum absolute atomic E-state index is 0.540. The van der Waals surface area contributed by atoms with E-state index in [-0.39, 0.29) is 0 Å². The van der Waals surface area contributed by atoms with Crippen molar-refractivity contribution < 1.29 is 9.47 Å². The Morgan fingerprint density at radius 3 is 2.86 bits per heavy atom. The van der Waals surface area contributed by atoms with Crippen LogP contribution in [0.2, 0.25) is 0 Å². The molecule has 4 heteroatoms. The lowest BCUT2D eigenvalue weighted by Gasteiger charge is -2.19. The zero-order chi connectivity index (χ0) is 14.7. The Morgan fingerprint density at radius 1 is 1.24 bits per heavy atom. The third-order valence-electron chi connectivity index (χ3n) is 4.32. The first kappa shape index (κ1) is 14.7. The lowest BCUT2D eigenvalue weighted by Crippen LogP contribution is -2.27. The summed E-state index contributed by atoms with van der Waals surface area (Å²) < 4.78 is 10.9. The van der Waals surface area contributed by atoms with Crippen molar-refractivity contribution >= 4 is 5.69 Å². The SMILES string of the molecule is COCCOc1cc(C)ccc1NC1CCN(C2CC2)C1. The van der Waals surface area contributed by atoms with Crippen LogP contribution in [0.5, 0.6) is 5.75 Å². The smallest absolute Gasteiger partial charge is 0.142 e. The topological polar surface area (TPSA) is 33.7 Å². The lowest BCUT2D eigenvalue weighted by atomic mass is 10.2. The zero-order valence-electron chi connectivity index (χ0n) is 13.1. The van der Waals surface area contributed by atoms with Gasteiger partial charge in [-0.2, -0.15) is 0 Å². The van der Waals surface area contributed by atoms with Crippen LogP contribution in [0.1, 0.15) is 24.8 Å². The quantitative estimate of drug-likeness (QED) is 0.783. The molecule has 0 aromatic heterocycles. The van der Waals surface area contributed by atoms with Gasteiger partial charge in [0.05, 0.1) is 12.3 Å². The number of rotatable bonds is 7. The van der Waals surface area contributed by atoms with Gasteiger partial charge in [0.2, 0.25) is 0 Å². The molecule has 0 bridgehead atoms. The molecule has 1 atom stereocenters. The molecule has 1 aliphatic heterocycles. The third-order valence-corrected chi connectivity index (χ3v) is 4.32. The van der Waals surface area contributed by atoms with E-state index in [0.717, 1.165) is 24.0 Å². The van der Waals surface area contributed by atoms with Gasteiger partial charge in [0.15, 0.2) is 0 Å². The summed E-state index contributed by atoms with van der Waals surface area (Å²) >= 11 is 0. The highest BCUT2D eigenvalue weighted by Crippen LogP contribution is 2.32. The van der Waals surface area contributed by atoms with E-state index in [1.807, 2.05) is 0 Å². The van der Waals surface area contributed by atoms with E-state index in [4.69, 9.17) is 9.47 Å². The molecule has 1 aromatic rings. The molecule has 0 amide bonds. The maximum Gasteiger partial charge on any atom is 0.142 e. The Hall–Kier alpha value is -1.26. The summed E-state index contributed by atoms with van der Waals surface area (Å²) in [6, 6.07) is 7.78. The fraction of sp³-hybridized carbons (Fsp3) is 0.647. The van der Waals surface area contributed by atoms with Gasteiger partial charge in [0, 0.05) is 32.3 Å². The third kappa shape index (κ3) is 3.89. The molecule has 3 rings (SSSR count). The molecule has 2 fully saturated rings. The molecule has 1 aromatic carbocycles. The molecule has 1 aliphatic carbocycles. The maximum atomic E-state index is 5.85. The van der Waals surface area contributed by atoms with E-state index in [1.54, 1.807) is 7.11 Å². The largest absolute Gasteiger partial charge is 0.489 e. The summed E-state index contributed by atoms with van der Waals surface area (Å²) in [5.41, 5.74) is 2.33. The van der Waals surface area contributed by atoms with Crippen LogP contribution in [0.4, 0.5) is 5.69 Å². The van der Waals surface area contributed by atoms with Crippen LogP contribution < -0.4 is 10.1 Å². The van der Waals surface area contributed by atoms with Crippen molar-refractivity contribution in [2.75, 3.05) is 38.7 Å². The van der Waals surface area contributed by atoms with E-state index < -0.39 is 0 Å².